The first-order valence-electron chi connectivity index (χ1n) is 8.82. The van der Waals surface area contributed by atoms with Crippen LogP contribution in [0.3, 0.4) is 0 Å². The lowest BCUT2D eigenvalue weighted by atomic mass is 10.1. The first-order valence-corrected chi connectivity index (χ1v) is 8.82. The van der Waals surface area contributed by atoms with Crippen LogP contribution in [-0.2, 0) is 13.0 Å². The molecule has 0 aliphatic heterocycles. The van der Waals surface area contributed by atoms with Gasteiger partial charge in [0.1, 0.15) is 29.0 Å². The molecule has 1 amide bonds. The molecule has 1 N–H and O–H groups in total. The maximum atomic E-state index is 14.7. The van der Waals surface area contributed by atoms with Gasteiger partial charge in [-0.1, -0.05) is 6.08 Å². The highest BCUT2D eigenvalue weighted by molar-refractivity contribution is 6.04. The number of hydrogen-bond donors (Lipinski definition) is 1. The van der Waals surface area contributed by atoms with Crippen molar-refractivity contribution >= 4 is 11.6 Å². The normalized spacial score (nSPS) is 11.5. The van der Waals surface area contributed by atoms with Crippen LogP contribution in [0.25, 0.3) is 11.3 Å². The number of benzene rings is 2. The van der Waals surface area contributed by atoms with Crippen molar-refractivity contribution in [3.63, 3.8) is 0 Å². The number of aryl methyl sites for hydroxylation is 1. The van der Waals surface area contributed by atoms with Crippen molar-refractivity contribution in [3.05, 3.63) is 83.6 Å². The van der Waals surface area contributed by atoms with Crippen molar-refractivity contribution in [1.82, 2.24) is 9.78 Å². The topological polar surface area (TPSA) is 46.9 Å². The summed E-state index contributed by atoms with van der Waals surface area (Å²) in [7, 11) is 1.24. The standard InChI is InChI=1S/C21H15F6N3O/c1-3-6-21(26,27)18-10-17(30(2)29-18)19-15(24)8-12(9-16(19)25)28-20(31)13-5-4-11(22)7-14(13)23/h3-5,7-10H,1,6H2,2H3,(H,28,31). The van der Waals surface area contributed by atoms with E-state index in [1.807, 2.05) is 0 Å². The monoisotopic (exact) mass is 439 g/mol. The number of allylic oxidation sites excluding steroid dienone is 1. The van der Waals surface area contributed by atoms with E-state index in [9.17, 15) is 31.1 Å². The van der Waals surface area contributed by atoms with Gasteiger partial charge in [0.25, 0.3) is 11.8 Å². The van der Waals surface area contributed by atoms with E-state index >= 15 is 0 Å². The van der Waals surface area contributed by atoms with Crippen LogP contribution in [0.15, 0.2) is 49.1 Å². The summed E-state index contributed by atoms with van der Waals surface area (Å²) in [6.07, 6.45) is 0.288. The Labute approximate surface area is 172 Å². The Kier molecular flexibility index (Phi) is 5.92. The summed E-state index contributed by atoms with van der Waals surface area (Å²) in [5, 5.41) is 5.74. The molecule has 31 heavy (non-hydrogen) atoms. The highest BCUT2D eigenvalue weighted by Crippen LogP contribution is 2.35. The second-order valence-electron chi connectivity index (χ2n) is 6.63. The smallest absolute Gasteiger partial charge is 0.294 e. The van der Waals surface area contributed by atoms with E-state index in [0.29, 0.717) is 6.07 Å². The molecule has 3 aromatic rings. The Morgan fingerprint density at radius 2 is 1.74 bits per heavy atom. The van der Waals surface area contributed by atoms with E-state index in [-0.39, 0.29) is 11.4 Å². The van der Waals surface area contributed by atoms with Crippen molar-refractivity contribution in [2.75, 3.05) is 5.32 Å². The third kappa shape index (κ3) is 4.47. The minimum Gasteiger partial charge on any atom is -0.322 e. The Balaban J connectivity index is 1.93. The lowest BCUT2D eigenvalue weighted by Gasteiger charge is -2.10. The Morgan fingerprint density at radius 1 is 1.10 bits per heavy atom. The highest BCUT2D eigenvalue weighted by atomic mass is 19.3. The van der Waals surface area contributed by atoms with Gasteiger partial charge in [0.05, 0.1) is 16.8 Å². The lowest BCUT2D eigenvalue weighted by molar-refractivity contribution is -0.00592. The van der Waals surface area contributed by atoms with Gasteiger partial charge in [-0.3, -0.25) is 9.48 Å². The number of nitrogens with one attached hydrogen (secondary N) is 1. The number of carbonyl (C=O) groups excluding carboxylic acids is 1. The molecule has 3 rings (SSSR count). The molecule has 0 aliphatic carbocycles. The summed E-state index contributed by atoms with van der Waals surface area (Å²) >= 11 is 0. The quantitative estimate of drug-likeness (QED) is 0.404. The fourth-order valence-corrected chi connectivity index (χ4v) is 2.93. The van der Waals surface area contributed by atoms with Crippen LogP contribution < -0.4 is 5.32 Å². The van der Waals surface area contributed by atoms with Crippen molar-refractivity contribution in [1.29, 1.82) is 0 Å². The first-order chi connectivity index (χ1) is 14.5. The molecule has 2 aromatic carbocycles. The van der Waals surface area contributed by atoms with Gasteiger partial charge in [0, 0.05) is 25.2 Å². The number of hydrogen-bond acceptors (Lipinski definition) is 2. The fraction of sp³-hybridized carbons (Fsp3) is 0.143. The molecule has 0 radical (unpaired) electrons. The van der Waals surface area contributed by atoms with Gasteiger partial charge in [-0.15, -0.1) is 6.58 Å². The number of carbonyl (C=O) groups is 1. The minimum absolute atomic E-state index is 0.254. The number of rotatable bonds is 6. The maximum absolute atomic E-state index is 14.7. The van der Waals surface area contributed by atoms with Gasteiger partial charge in [0.15, 0.2) is 0 Å². The van der Waals surface area contributed by atoms with Crippen molar-refractivity contribution in [3.8, 4) is 11.3 Å². The van der Waals surface area contributed by atoms with E-state index in [1.54, 1.807) is 0 Å². The Morgan fingerprint density at radius 3 is 2.32 bits per heavy atom. The van der Waals surface area contributed by atoms with Gasteiger partial charge in [0.2, 0.25) is 0 Å². The molecule has 4 nitrogen and oxygen atoms in total. The molecular weight excluding hydrogens is 424 g/mol. The Hall–Kier alpha value is -3.56. The zero-order valence-electron chi connectivity index (χ0n) is 16.0. The molecule has 0 aliphatic rings. The summed E-state index contributed by atoms with van der Waals surface area (Å²) in [6.45, 7) is 3.24. The molecule has 1 aromatic heterocycles. The molecule has 0 saturated heterocycles. The molecule has 0 atom stereocenters. The van der Waals surface area contributed by atoms with E-state index in [4.69, 9.17) is 0 Å². The SMILES string of the molecule is C=CCC(F)(F)c1cc(-c2c(F)cc(NC(=O)c3ccc(F)cc3F)cc2F)n(C)n1. The lowest BCUT2D eigenvalue weighted by Crippen LogP contribution is -2.14. The third-order valence-corrected chi connectivity index (χ3v) is 4.39. The fourth-order valence-electron chi connectivity index (χ4n) is 2.93. The van der Waals surface area contributed by atoms with Crippen molar-refractivity contribution in [2.45, 2.75) is 12.3 Å². The van der Waals surface area contributed by atoms with Gasteiger partial charge in [-0.05, 0) is 30.3 Å². The molecule has 1 heterocycles. The summed E-state index contributed by atoms with van der Waals surface area (Å²) in [5.74, 6) is -8.83. The van der Waals surface area contributed by atoms with Crippen LogP contribution in [0.5, 0.6) is 0 Å². The molecule has 0 spiro atoms. The minimum atomic E-state index is -3.38. The number of amides is 1. The zero-order chi connectivity index (χ0) is 22.9. The number of nitrogens with zero attached hydrogens (tertiary/aromatic N) is 2. The van der Waals surface area contributed by atoms with Crippen LogP contribution in [-0.4, -0.2) is 15.7 Å². The van der Waals surface area contributed by atoms with Gasteiger partial charge < -0.3 is 5.32 Å². The summed E-state index contributed by atoms with van der Waals surface area (Å²) in [5.41, 5.74) is -2.47. The van der Waals surface area contributed by atoms with Crippen LogP contribution in [0.1, 0.15) is 22.5 Å². The van der Waals surface area contributed by atoms with E-state index in [2.05, 4.69) is 17.0 Å². The molecule has 162 valence electrons. The molecule has 0 bridgehead atoms. The van der Waals surface area contributed by atoms with Gasteiger partial charge in [-0.2, -0.15) is 13.9 Å². The van der Waals surface area contributed by atoms with Crippen LogP contribution in [0, 0.1) is 23.3 Å². The average molecular weight is 439 g/mol. The molecule has 0 unspecified atom stereocenters. The van der Waals surface area contributed by atoms with Crippen molar-refractivity contribution in [2.24, 2.45) is 7.05 Å². The van der Waals surface area contributed by atoms with Crippen LogP contribution in [0.2, 0.25) is 0 Å². The predicted octanol–water partition coefficient (Wildman–Crippen LogP) is 5.56. The van der Waals surface area contributed by atoms with Crippen LogP contribution in [0.4, 0.5) is 32.0 Å². The summed E-state index contributed by atoms with van der Waals surface area (Å²) < 4.78 is 85.0. The number of halogens is 6. The van der Waals surface area contributed by atoms with E-state index in [1.165, 1.54) is 7.05 Å². The first kappa shape index (κ1) is 22.1. The zero-order valence-corrected chi connectivity index (χ0v) is 16.0. The van der Waals surface area contributed by atoms with Gasteiger partial charge >= 0.3 is 0 Å². The van der Waals surface area contributed by atoms with E-state index in [0.717, 1.165) is 41.1 Å². The van der Waals surface area contributed by atoms with Crippen LogP contribution >= 0.6 is 0 Å². The largest absolute Gasteiger partial charge is 0.322 e. The second-order valence-corrected chi connectivity index (χ2v) is 6.63. The molecule has 0 fully saturated rings. The summed E-state index contributed by atoms with van der Waals surface area (Å²) in [6, 6.07) is 4.56. The third-order valence-electron chi connectivity index (χ3n) is 4.39. The number of anilines is 1. The molecule has 0 saturated carbocycles. The average Bonchev–Trinajstić information content (AvgIpc) is 3.03. The maximum Gasteiger partial charge on any atom is 0.294 e. The number of aromatic nitrogens is 2. The second kappa shape index (κ2) is 8.29. The summed E-state index contributed by atoms with van der Waals surface area (Å²) in [4.78, 5) is 12.1. The van der Waals surface area contributed by atoms with Gasteiger partial charge in [-0.25, -0.2) is 17.6 Å². The van der Waals surface area contributed by atoms with Crippen molar-refractivity contribution < 1.29 is 31.1 Å². The molecular formula is C21H15F6N3O. The Bertz CT molecular complexity index is 1150. The predicted molar refractivity (Wildman–Crippen MR) is 102 cm³/mol. The highest BCUT2D eigenvalue weighted by Gasteiger charge is 2.34. The molecule has 10 heteroatoms. The number of alkyl halides is 2. The van der Waals surface area contributed by atoms with E-state index < -0.39 is 58.3 Å².